The molecule has 0 fully saturated rings. The molecule has 1 heterocycles. The van der Waals surface area contributed by atoms with Crippen LogP contribution >= 0.6 is 0 Å². The van der Waals surface area contributed by atoms with Crippen molar-refractivity contribution in [2.75, 3.05) is 6.61 Å². The first-order valence-electron chi connectivity index (χ1n) is 11.0. The van der Waals surface area contributed by atoms with E-state index in [4.69, 9.17) is 9.72 Å². The van der Waals surface area contributed by atoms with E-state index >= 15 is 0 Å². The van der Waals surface area contributed by atoms with E-state index < -0.39 is 0 Å². The van der Waals surface area contributed by atoms with Gasteiger partial charge in [0, 0.05) is 12.1 Å². The van der Waals surface area contributed by atoms with Gasteiger partial charge in [0.2, 0.25) is 0 Å². The van der Waals surface area contributed by atoms with E-state index in [1.165, 1.54) is 11.1 Å². The first-order valence-corrected chi connectivity index (χ1v) is 11.0. The molecule has 0 saturated carbocycles. The molecule has 0 spiro atoms. The summed E-state index contributed by atoms with van der Waals surface area (Å²) in [6.07, 6.45) is 0.839. The fraction of sp³-hybridized carbons (Fsp3) is 0.259. The van der Waals surface area contributed by atoms with Gasteiger partial charge < -0.3 is 14.6 Å². The number of rotatable bonds is 8. The van der Waals surface area contributed by atoms with E-state index in [1.807, 2.05) is 55.5 Å². The number of fused-ring (bicyclic) bond motifs is 1. The van der Waals surface area contributed by atoms with Crippen molar-refractivity contribution in [2.45, 2.75) is 40.3 Å². The van der Waals surface area contributed by atoms with E-state index in [0.717, 1.165) is 41.1 Å². The first-order chi connectivity index (χ1) is 15.5. The van der Waals surface area contributed by atoms with Crippen LogP contribution in [0.3, 0.4) is 0 Å². The molecule has 0 unspecified atom stereocenters. The van der Waals surface area contributed by atoms with Crippen LogP contribution in [0.25, 0.3) is 11.0 Å². The van der Waals surface area contributed by atoms with Crippen molar-refractivity contribution in [3.05, 3.63) is 94.8 Å². The highest BCUT2D eigenvalue weighted by molar-refractivity contribution is 5.94. The molecule has 5 heteroatoms. The van der Waals surface area contributed by atoms with Crippen molar-refractivity contribution < 1.29 is 9.53 Å². The van der Waals surface area contributed by atoms with Gasteiger partial charge in [-0.05, 0) is 74.7 Å². The molecule has 0 aliphatic heterocycles. The average Bonchev–Trinajstić information content (AvgIpc) is 3.15. The van der Waals surface area contributed by atoms with E-state index in [0.29, 0.717) is 18.7 Å². The summed E-state index contributed by atoms with van der Waals surface area (Å²) in [5.41, 5.74) is 6.22. The number of nitrogens with one attached hydrogen (secondary N) is 1. The minimum atomic E-state index is -0.0922. The minimum absolute atomic E-state index is 0.0922. The maximum atomic E-state index is 12.6. The van der Waals surface area contributed by atoms with E-state index in [9.17, 15) is 4.79 Å². The van der Waals surface area contributed by atoms with Crippen molar-refractivity contribution in [1.29, 1.82) is 0 Å². The zero-order valence-electron chi connectivity index (χ0n) is 18.9. The van der Waals surface area contributed by atoms with Gasteiger partial charge in [0.05, 0.1) is 24.2 Å². The molecule has 1 aromatic heterocycles. The Morgan fingerprint density at radius 3 is 2.62 bits per heavy atom. The number of para-hydroxylation sites is 2. The molecule has 0 aliphatic rings. The second-order valence-electron chi connectivity index (χ2n) is 8.17. The molecule has 32 heavy (non-hydrogen) atoms. The van der Waals surface area contributed by atoms with Gasteiger partial charge in [0.15, 0.2) is 0 Å². The summed E-state index contributed by atoms with van der Waals surface area (Å²) in [4.78, 5) is 17.4. The number of aromatic nitrogens is 2. The second-order valence-corrected chi connectivity index (χ2v) is 8.17. The largest absolute Gasteiger partial charge is 0.494 e. The fourth-order valence-electron chi connectivity index (χ4n) is 3.77. The van der Waals surface area contributed by atoms with Crippen LogP contribution in [0.2, 0.25) is 0 Å². The summed E-state index contributed by atoms with van der Waals surface area (Å²) < 4.78 is 8.13. The maximum absolute atomic E-state index is 12.6. The van der Waals surface area contributed by atoms with E-state index in [-0.39, 0.29) is 5.91 Å². The smallest absolute Gasteiger partial charge is 0.251 e. The third kappa shape index (κ3) is 4.99. The number of carbonyl (C=O) groups excluding carboxylic acids is 1. The van der Waals surface area contributed by atoms with E-state index in [1.54, 1.807) is 0 Å². The maximum Gasteiger partial charge on any atom is 0.251 e. The number of amides is 1. The number of carbonyl (C=O) groups is 1. The van der Waals surface area contributed by atoms with Gasteiger partial charge in [0.25, 0.3) is 5.91 Å². The van der Waals surface area contributed by atoms with Crippen LogP contribution in [0.15, 0.2) is 66.7 Å². The van der Waals surface area contributed by atoms with Crippen molar-refractivity contribution >= 4 is 16.9 Å². The number of hydrogen-bond donors (Lipinski definition) is 1. The third-order valence-corrected chi connectivity index (χ3v) is 5.69. The van der Waals surface area contributed by atoms with Crippen molar-refractivity contribution in [1.82, 2.24) is 14.9 Å². The molecule has 1 amide bonds. The number of imidazole rings is 1. The summed E-state index contributed by atoms with van der Waals surface area (Å²) in [5.74, 6) is 1.65. The third-order valence-electron chi connectivity index (χ3n) is 5.69. The summed E-state index contributed by atoms with van der Waals surface area (Å²) in [7, 11) is 0. The molecular weight excluding hydrogens is 398 g/mol. The Bertz CT molecular complexity index is 1240. The molecular formula is C27H29N3O2. The fourth-order valence-corrected chi connectivity index (χ4v) is 3.77. The first kappa shape index (κ1) is 21.6. The minimum Gasteiger partial charge on any atom is -0.494 e. The van der Waals surface area contributed by atoms with Crippen LogP contribution in [0, 0.1) is 20.8 Å². The molecule has 4 aromatic rings. The van der Waals surface area contributed by atoms with Crippen LogP contribution in [-0.4, -0.2) is 22.1 Å². The van der Waals surface area contributed by atoms with Crippen LogP contribution in [0.4, 0.5) is 0 Å². The van der Waals surface area contributed by atoms with Crippen LogP contribution in [0.1, 0.15) is 39.3 Å². The van der Waals surface area contributed by atoms with Gasteiger partial charge >= 0.3 is 0 Å². The molecule has 0 saturated heterocycles. The molecule has 1 N–H and O–H groups in total. The average molecular weight is 428 g/mol. The lowest BCUT2D eigenvalue weighted by atomic mass is 10.1. The predicted octanol–water partition coefficient (Wildman–Crippen LogP) is 5.36. The monoisotopic (exact) mass is 427 g/mol. The SMILES string of the molecule is Cc1cccc(C(=O)NCc2nc3ccccc3n2CCCOc2ccc(C)c(C)c2)c1. The van der Waals surface area contributed by atoms with Crippen molar-refractivity contribution in [3.63, 3.8) is 0 Å². The molecule has 5 nitrogen and oxygen atoms in total. The highest BCUT2D eigenvalue weighted by Crippen LogP contribution is 2.19. The van der Waals surface area contributed by atoms with Crippen LogP contribution < -0.4 is 10.1 Å². The standard InChI is InChI=1S/C27H29N3O2/c1-19-8-6-9-22(16-19)27(31)28-18-26-29-24-10-4-5-11-25(24)30(26)14-7-15-32-23-13-12-20(2)21(3)17-23/h4-6,8-13,16-17H,7,14-15,18H2,1-3H3,(H,28,31). The van der Waals surface area contributed by atoms with Gasteiger partial charge in [0.1, 0.15) is 11.6 Å². The second kappa shape index (κ2) is 9.69. The number of benzene rings is 3. The number of nitrogens with zero attached hydrogens (tertiary/aromatic N) is 2. The van der Waals surface area contributed by atoms with Gasteiger partial charge in [-0.2, -0.15) is 0 Å². The Labute approximate surface area is 189 Å². The summed E-state index contributed by atoms with van der Waals surface area (Å²) in [6, 6.07) is 21.8. The van der Waals surface area contributed by atoms with Gasteiger partial charge in [-0.15, -0.1) is 0 Å². The quantitative estimate of drug-likeness (QED) is 0.385. The molecule has 0 bridgehead atoms. The highest BCUT2D eigenvalue weighted by Gasteiger charge is 2.12. The zero-order valence-corrected chi connectivity index (χ0v) is 18.9. The number of hydrogen-bond acceptors (Lipinski definition) is 3. The summed E-state index contributed by atoms with van der Waals surface area (Å²) >= 11 is 0. The lowest BCUT2D eigenvalue weighted by Gasteiger charge is -2.12. The topological polar surface area (TPSA) is 56.2 Å². The van der Waals surface area contributed by atoms with E-state index in [2.05, 4.69) is 41.9 Å². The lowest BCUT2D eigenvalue weighted by Crippen LogP contribution is -2.25. The Morgan fingerprint density at radius 1 is 0.969 bits per heavy atom. The number of aryl methyl sites for hydroxylation is 4. The Balaban J connectivity index is 1.43. The van der Waals surface area contributed by atoms with Crippen molar-refractivity contribution in [2.24, 2.45) is 0 Å². The summed E-state index contributed by atoms with van der Waals surface area (Å²) in [5, 5.41) is 3.02. The van der Waals surface area contributed by atoms with Crippen LogP contribution in [-0.2, 0) is 13.1 Å². The molecule has 164 valence electrons. The molecule has 4 rings (SSSR count). The highest BCUT2D eigenvalue weighted by atomic mass is 16.5. The van der Waals surface area contributed by atoms with Crippen molar-refractivity contribution in [3.8, 4) is 5.75 Å². The van der Waals surface area contributed by atoms with Gasteiger partial charge in [-0.3, -0.25) is 4.79 Å². The summed E-state index contributed by atoms with van der Waals surface area (Å²) in [6.45, 7) is 7.93. The molecule has 0 radical (unpaired) electrons. The molecule has 3 aromatic carbocycles. The Hall–Kier alpha value is -3.60. The number of ether oxygens (including phenoxy) is 1. The van der Waals surface area contributed by atoms with Gasteiger partial charge in [-0.25, -0.2) is 4.98 Å². The predicted molar refractivity (Wildman–Crippen MR) is 128 cm³/mol. The molecule has 0 aliphatic carbocycles. The zero-order chi connectivity index (χ0) is 22.5. The Morgan fingerprint density at radius 2 is 1.81 bits per heavy atom. The van der Waals surface area contributed by atoms with Crippen LogP contribution in [0.5, 0.6) is 5.75 Å². The lowest BCUT2D eigenvalue weighted by molar-refractivity contribution is 0.0949. The Kier molecular flexibility index (Phi) is 6.55. The van der Waals surface area contributed by atoms with Gasteiger partial charge in [-0.1, -0.05) is 35.9 Å². The molecule has 0 atom stereocenters. The normalized spacial score (nSPS) is 11.0.